The van der Waals surface area contributed by atoms with Gasteiger partial charge in [-0.15, -0.1) is 0 Å². The fourth-order valence-electron chi connectivity index (χ4n) is 3.52. The minimum Gasteiger partial charge on any atom is -0.379 e. The average Bonchev–Trinajstić information content (AvgIpc) is 2.99. The predicted molar refractivity (Wildman–Crippen MR) is 107 cm³/mol. The second-order valence-corrected chi connectivity index (χ2v) is 12.0. The van der Waals surface area contributed by atoms with Gasteiger partial charge in [0.2, 0.25) is 10.0 Å². The topological polar surface area (TPSA) is 84.0 Å². The van der Waals surface area contributed by atoms with Crippen LogP contribution in [-0.4, -0.2) is 83.0 Å². The first kappa shape index (κ1) is 21.2. The van der Waals surface area contributed by atoms with E-state index in [2.05, 4.69) is 20.8 Å². The van der Waals surface area contributed by atoms with Gasteiger partial charge < -0.3 is 4.74 Å². The summed E-state index contributed by atoms with van der Waals surface area (Å²) in [5.74, 6) is -0.0478. The zero-order chi connectivity index (χ0) is 19.5. The molecule has 0 N–H and O–H groups in total. The lowest BCUT2D eigenvalue weighted by atomic mass is 10.2. The first-order chi connectivity index (χ1) is 12.8. The molecule has 10 heteroatoms. The van der Waals surface area contributed by atoms with Crippen LogP contribution in [0.3, 0.4) is 0 Å². The monoisotopic (exact) mass is 480 g/mol. The van der Waals surface area contributed by atoms with Crippen LogP contribution < -0.4 is 0 Å². The maximum Gasteiger partial charge on any atom is 0.243 e. The Balaban J connectivity index is 1.75. The Morgan fingerprint density at radius 1 is 1.19 bits per heavy atom. The number of sulfonamides is 1. The quantitative estimate of drug-likeness (QED) is 0.585. The molecule has 2 heterocycles. The molecule has 0 radical (unpaired) electrons. The number of morpholine rings is 1. The van der Waals surface area contributed by atoms with Crippen LogP contribution in [0.5, 0.6) is 0 Å². The highest BCUT2D eigenvalue weighted by Crippen LogP contribution is 2.26. The summed E-state index contributed by atoms with van der Waals surface area (Å²) in [6, 6.07) is 5.98. The maximum absolute atomic E-state index is 13.2. The van der Waals surface area contributed by atoms with Crippen LogP contribution in [0.4, 0.5) is 0 Å². The van der Waals surface area contributed by atoms with Gasteiger partial charge in [0.05, 0.1) is 29.6 Å². The smallest absolute Gasteiger partial charge is 0.243 e. The minimum absolute atomic E-state index is 0.0491. The number of rotatable bonds is 7. The second kappa shape index (κ2) is 8.87. The fourth-order valence-corrected chi connectivity index (χ4v) is 7.30. The third kappa shape index (κ3) is 5.51. The summed E-state index contributed by atoms with van der Waals surface area (Å²) in [6.07, 6.45) is 1.02. The highest BCUT2D eigenvalue weighted by atomic mass is 79.9. The van der Waals surface area contributed by atoms with Crippen LogP contribution in [-0.2, 0) is 24.6 Å². The van der Waals surface area contributed by atoms with Crippen LogP contribution in [0.25, 0.3) is 0 Å². The number of halogens is 1. The van der Waals surface area contributed by atoms with Gasteiger partial charge >= 0.3 is 0 Å². The molecule has 1 aromatic rings. The molecule has 0 saturated carbocycles. The number of ether oxygens (including phenoxy) is 1. The molecule has 0 aromatic heterocycles. The molecule has 152 valence electrons. The van der Waals surface area contributed by atoms with Gasteiger partial charge in [0.25, 0.3) is 0 Å². The molecule has 1 aromatic carbocycles. The molecule has 2 aliphatic heterocycles. The summed E-state index contributed by atoms with van der Waals surface area (Å²) >= 11 is 3.31. The van der Waals surface area contributed by atoms with E-state index in [1.807, 2.05) is 0 Å². The molecule has 2 fully saturated rings. The van der Waals surface area contributed by atoms with Crippen LogP contribution >= 0.6 is 15.9 Å². The number of hydrogen-bond donors (Lipinski definition) is 0. The SMILES string of the molecule is O=S1(=O)CC[C@@H](N(CCCN2CCOCC2)S(=O)(=O)c2ccc(Br)cc2)C1. The van der Waals surface area contributed by atoms with E-state index in [1.165, 1.54) is 4.31 Å². The average molecular weight is 481 g/mol. The first-order valence-corrected chi connectivity index (χ1v) is 13.1. The van der Waals surface area contributed by atoms with Gasteiger partial charge in [-0.2, -0.15) is 4.31 Å². The Morgan fingerprint density at radius 3 is 2.44 bits per heavy atom. The Kier molecular flexibility index (Phi) is 6.97. The van der Waals surface area contributed by atoms with Crippen molar-refractivity contribution < 1.29 is 21.6 Å². The molecule has 2 saturated heterocycles. The number of hydrogen-bond acceptors (Lipinski definition) is 6. The van der Waals surface area contributed by atoms with Gasteiger partial charge in [0, 0.05) is 30.1 Å². The Labute approximate surface area is 169 Å². The molecule has 0 unspecified atom stereocenters. The van der Waals surface area contributed by atoms with Gasteiger partial charge in [-0.05, 0) is 43.7 Å². The number of sulfone groups is 1. The standard InChI is InChI=1S/C17H25BrN2O5S2/c18-15-2-4-17(5-3-15)27(23,24)20(16-6-13-26(21,22)14-16)8-1-7-19-9-11-25-12-10-19/h2-5,16H,1,6-14H2/t16-/m1/s1. The van der Waals surface area contributed by atoms with Gasteiger partial charge in [0.1, 0.15) is 0 Å². The van der Waals surface area contributed by atoms with Crippen molar-refractivity contribution >= 4 is 35.8 Å². The summed E-state index contributed by atoms with van der Waals surface area (Å²) in [6.45, 7) is 4.17. The zero-order valence-electron chi connectivity index (χ0n) is 15.1. The van der Waals surface area contributed by atoms with Crippen LogP contribution in [0.15, 0.2) is 33.6 Å². The van der Waals surface area contributed by atoms with Crippen molar-refractivity contribution in [2.24, 2.45) is 0 Å². The highest BCUT2D eigenvalue weighted by Gasteiger charge is 2.38. The molecule has 27 heavy (non-hydrogen) atoms. The van der Waals surface area contributed by atoms with Crippen molar-refractivity contribution in [1.29, 1.82) is 0 Å². The van der Waals surface area contributed by atoms with Crippen LogP contribution in [0.1, 0.15) is 12.8 Å². The van der Waals surface area contributed by atoms with Gasteiger partial charge in [-0.3, -0.25) is 4.90 Å². The Morgan fingerprint density at radius 2 is 1.85 bits per heavy atom. The van der Waals surface area contributed by atoms with Gasteiger partial charge in [-0.1, -0.05) is 15.9 Å². The van der Waals surface area contributed by atoms with Crippen molar-refractivity contribution in [3.8, 4) is 0 Å². The maximum atomic E-state index is 13.2. The lowest BCUT2D eigenvalue weighted by Crippen LogP contribution is -2.43. The van der Waals surface area contributed by atoms with Crippen molar-refractivity contribution in [2.75, 3.05) is 50.9 Å². The summed E-state index contributed by atoms with van der Waals surface area (Å²) in [4.78, 5) is 2.45. The molecule has 0 aliphatic carbocycles. The third-order valence-corrected chi connectivity index (χ3v) is 9.24. The third-order valence-electron chi connectivity index (χ3n) is 4.99. The molecule has 0 bridgehead atoms. The van der Waals surface area contributed by atoms with Gasteiger partial charge in [-0.25, -0.2) is 16.8 Å². The van der Waals surface area contributed by atoms with E-state index in [0.717, 1.165) is 24.1 Å². The summed E-state index contributed by atoms with van der Waals surface area (Å²) in [5.41, 5.74) is 0. The lowest BCUT2D eigenvalue weighted by Gasteiger charge is -2.30. The highest BCUT2D eigenvalue weighted by molar-refractivity contribution is 9.10. The normalized spacial score (nSPS) is 23.7. The molecule has 3 rings (SSSR count). The zero-order valence-corrected chi connectivity index (χ0v) is 18.3. The number of nitrogens with zero attached hydrogens (tertiary/aromatic N) is 2. The Bertz CT molecular complexity index is 837. The van der Waals surface area contributed by atoms with Crippen molar-refractivity contribution in [1.82, 2.24) is 9.21 Å². The van der Waals surface area contributed by atoms with E-state index in [-0.39, 0.29) is 16.4 Å². The molecule has 0 spiro atoms. The summed E-state index contributed by atoms with van der Waals surface area (Å²) in [7, 11) is -6.93. The summed E-state index contributed by atoms with van der Waals surface area (Å²) in [5, 5.41) is 0. The second-order valence-electron chi connectivity index (χ2n) is 6.93. The van der Waals surface area contributed by atoms with E-state index in [1.54, 1.807) is 24.3 Å². The van der Waals surface area contributed by atoms with E-state index in [4.69, 9.17) is 4.74 Å². The largest absolute Gasteiger partial charge is 0.379 e. The van der Waals surface area contributed by atoms with E-state index < -0.39 is 25.9 Å². The van der Waals surface area contributed by atoms with Crippen LogP contribution in [0, 0.1) is 0 Å². The molecular formula is C17H25BrN2O5S2. The molecular weight excluding hydrogens is 456 g/mol. The molecule has 1 atom stereocenters. The molecule has 2 aliphatic rings. The van der Waals surface area contributed by atoms with Crippen molar-refractivity contribution in [2.45, 2.75) is 23.8 Å². The summed E-state index contributed by atoms with van der Waals surface area (Å²) < 4.78 is 57.8. The van der Waals surface area contributed by atoms with Gasteiger partial charge in [0.15, 0.2) is 9.84 Å². The van der Waals surface area contributed by atoms with Crippen LogP contribution in [0.2, 0.25) is 0 Å². The fraction of sp³-hybridized carbons (Fsp3) is 0.647. The minimum atomic E-state index is -3.75. The van der Waals surface area contributed by atoms with E-state index >= 15 is 0 Å². The number of benzene rings is 1. The van der Waals surface area contributed by atoms with Crippen molar-refractivity contribution in [3.63, 3.8) is 0 Å². The van der Waals surface area contributed by atoms with E-state index in [0.29, 0.717) is 32.6 Å². The molecule has 7 nitrogen and oxygen atoms in total. The lowest BCUT2D eigenvalue weighted by molar-refractivity contribution is 0.0367. The molecule has 0 amide bonds. The van der Waals surface area contributed by atoms with E-state index in [9.17, 15) is 16.8 Å². The Hall–Kier alpha value is -0.520. The van der Waals surface area contributed by atoms with Crippen molar-refractivity contribution in [3.05, 3.63) is 28.7 Å². The first-order valence-electron chi connectivity index (χ1n) is 9.06. The predicted octanol–water partition coefficient (Wildman–Crippen LogP) is 1.35.